The van der Waals surface area contributed by atoms with Gasteiger partial charge in [0.15, 0.2) is 0 Å². The number of rotatable bonds is 6. The molecule has 0 aliphatic rings. The lowest BCUT2D eigenvalue weighted by Crippen LogP contribution is -2.45. The topological polar surface area (TPSA) is 66.5 Å². The van der Waals surface area contributed by atoms with E-state index in [9.17, 15) is 13.2 Å². The van der Waals surface area contributed by atoms with Crippen LogP contribution < -0.4 is 9.62 Å². The van der Waals surface area contributed by atoms with Crippen LogP contribution >= 0.6 is 0 Å². The molecular formula is C19H24N2O3S. The Hall–Kier alpha value is -2.34. The summed E-state index contributed by atoms with van der Waals surface area (Å²) in [5, 5.41) is 3.01. The lowest BCUT2D eigenvalue weighted by molar-refractivity contribution is 0.0913. The van der Waals surface area contributed by atoms with E-state index in [1.165, 1.54) is 7.05 Å². The highest BCUT2D eigenvalue weighted by Gasteiger charge is 2.25. The van der Waals surface area contributed by atoms with Crippen LogP contribution in [0.4, 0.5) is 5.69 Å². The highest BCUT2D eigenvalue weighted by molar-refractivity contribution is 7.92. The first-order valence-corrected chi connectivity index (χ1v) is 9.84. The molecule has 0 aliphatic carbocycles. The Morgan fingerprint density at radius 1 is 1.04 bits per heavy atom. The molecule has 25 heavy (non-hydrogen) atoms. The third-order valence-corrected chi connectivity index (χ3v) is 5.12. The lowest BCUT2D eigenvalue weighted by atomic mass is 9.94. The zero-order chi connectivity index (χ0) is 18.7. The van der Waals surface area contributed by atoms with Gasteiger partial charge in [0.1, 0.15) is 0 Å². The van der Waals surface area contributed by atoms with Crippen LogP contribution in [0.3, 0.4) is 0 Å². The van der Waals surface area contributed by atoms with E-state index in [4.69, 9.17) is 0 Å². The second-order valence-electron chi connectivity index (χ2n) is 6.75. The maximum absolute atomic E-state index is 12.8. The maximum Gasteiger partial charge on any atom is 0.253 e. The van der Waals surface area contributed by atoms with E-state index >= 15 is 0 Å². The Morgan fingerprint density at radius 3 is 2.20 bits per heavy atom. The second kappa shape index (κ2) is 7.27. The van der Waals surface area contributed by atoms with Crippen LogP contribution in [0.15, 0.2) is 54.6 Å². The molecule has 0 radical (unpaired) electrons. The Kier molecular flexibility index (Phi) is 5.52. The fraction of sp³-hybridized carbons (Fsp3) is 0.316. The number of anilines is 1. The van der Waals surface area contributed by atoms with E-state index in [1.807, 2.05) is 44.2 Å². The molecule has 1 N–H and O–H groups in total. The molecule has 0 saturated heterocycles. The normalized spacial score (nSPS) is 11.8. The van der Waals surface area contributed by atoms with Gasteiger partial charge in [0.05, 0.1) is 17.5 Å². The van der Waals surface area contributed by atoms with Crippen molar-refractivity contribution < 1.29 is 13.2 Å². The molecule has 0 aromatic heterocycles. The smallest absolute Gasteiger partial charge is 0.253 e. The van der Waals surface area contributed by atoms with Gasteiger partial charge in [-0.25, -0.2) is 8.42 Å². The van der Waals surface area contributed by atoms with Crippen molar-refractivity contribution in [1.29, 1.82) is 0 Å². The molecule has 0 heterocycles. The first-order valence-electron chi connectivity index (χ1n) is 7.99. The predicted octanol–water partition coefficient (Wildman–Crippen LogP) is 2.83. The molecule has 0 atom stereocenters. The Morgan fingerprint density at radius 2 is 1.60 bits per heavy atom. The van der Waals surface area contributed by atoms with E-state index in [0.29, 0.717) is 17.7 Å². The van der Waals surface area contributed by atoms with Crippen molar-refractivity contribution >= 4 is 21.6 Å². The van der Waals surface area contributed by atoms with Crippen LogP contribution in [0.1, 0.15) is 29.8 Å². The molecule has 0 spiro atoms. The standard InChI is InChI=1S/C19H24N2O3S/c1-19(2,14-15-10-6-5-7-11-15)20-18(22)16-12-8-9-13-17(16)21(3)25(4,23)24/h5-13H,14H2,1-4H3,(H,20,22). The summed E-state index contributed by atoms with van der Waals surface area (Å²) in [7, 11) is -2.01. The number of benzene rings is 2. The average molecular weight is 360 g/mol. The number of para-hydroxylation sites is 1. The monoisotopic (exact) mass is 360 g/mol. The van der Waals surface area contributed by atoms with E-state index in [1.54, 1.807) is 24.3 Å². The third-order valence-electron chi connectivity index (χ3n) is 3.93. The van der Waals surface area contributed by atoms with Crippen molar-refractivity contribution in [2.75, 3.05) is 17.6 Å². The minimum Gasteiger partial charge on any atom is -0.347 e. The quantitative estimate of drug-likeness (QED) is 0.861. The highest BCUT2D eigenvalue weighted by atomic mass is 32.2. The molecule has 2 aromatic rings. The van der Waals surface area contributed by atoms with Gasteiger partial charge in [0, 0.05) is 12.6 Å². The van der Waals surface area contributed by atoms with Gasteiger partial charge in [-0.1, -0.05) is 42.5 Å². The number of carbonyl (C=O) groups excluding carboxylic acids is 1. The fourth-order valence-corrected chi connectivity index (χ4v) is 3.16. The number of amides is 1. The highest BCUT2D eigenvalue weighted by Crippen LogP contribution is 2.22. The van der Waals surface area contributed by atoms with Crippen LogP contribution in [0.5, 0.6) is 0 Å². The van der Waals surface area contributed by atoms with Crippen LogP contribution in [0, 0.1) is 0 Å². The summed E-state index contributed by atoms with van der Waals surface area (Å²) < 4.78 is 24.8. The molecule has 0 saturated carbocycles. The van der Waals surface area contributed by atoms with Gasteiger partial charge in [-0.15, -0.1) is 0 Å². The molecule has 0 bridgehead atoms. The predicted molar refractivity (Wildman–Crippen MR) is 101 cm³/mol. The summed E-state index contributed by atoms with van der Waals surface area (Å²) >= 11 is 0. The van der Waals surface area contributed by atoms with Crippen LogP contribution in [-0.4, -0.2) is 33.2 Å². The summed E-state index contributed by atoms with van der Waals surface area (Å²) in [6, 6.07) is 16.6. The van der Waals surface area contributed by atoms with Gasteiger partial charge in [-0.2, -0.15) is 0 Å². The van der Waals surface area contributed by atoms with Gasteiger partial charge in [0.2, 0.25) is 10.0 Å². The zero-order valence-electron chi connectivity index (χ0n) is 15.0. The number of sulfonamides is 1. The maximum atomic E-state index is 12.8. The SMILES string of the molecule is CN(c1ccccc1C(=O)NC(C)(C)Cc1ccccc1)S(C)(=O)=O. The summed E-state index contributed by atoms with van der Waals surface area (Å²) in [6.07, 6.45) is 1.78. The summed E-state index contributed by atoms with van der Waals surface area (Å²) in [4.78, 5) is 12.8. The number of nitrogens with zero attached hydrogens (tertiary/aromatic N) is 1. The molecule has 1 amide bonds. The summed E-state index contributed by atoms with van der Waals surface area (Å²) in [5.74, 6) is -0.299. The molecule has 6 heteroatoms. The van der Waals surface area contributed by atoms with Crippen molar-refractivity contribution in [3.8, 4) is 0 Å². The van der Waals surface area contributed by atoms with Crippen molar-refractivity contribution in [2.45, 2.75) is 25.8 Å². The number of carbonyl (C=O) groups is 1. The number of nitrogens with one attached hydrogen (secondary N) is 1. The Labute approximate surface area is 149 Å². The number of hydrogen-bond acceptors (Lipinski definition) is 3. The molecule has 2 rings (SSSR count). The summed E-state index contributed by atoms with van der Waals surface area (Å²) in [6.45, 7) is 3.89. The van der Waals surface area contributed by atoms with E-state index in [2.05, 4.69) is 5.32 Å². The van der Waals surface area contributed by atoms with Crippen LogP contribution in [-0.2, 0) is 16.4 Å². The van der Waals surface area contributed by atoms with E-state index in [0.717, 1.165) is 16.1 Å². The minimum absolute atomic E-state index is 0.299. The van der Waals surface area contributed by atoms with Gasteiger partial charge in [-0.3, -0.25) is 9.10 Å². The van der Waals surface area contributed by atoms with Crippen molar-refractivity contribution in [3.63, 3.8) is 0 Å². The number of hydrogen-bond donors (Lipinski definition) is 1. The molecule has 0 aliphatic heterocycles. The lowest BCUT2D eigenvalue weighted by Gasteiger charge is -2.28. The van der Waals surface area contributed by atoms with E-state index < -0.39 is 15.6 Å². The third kappa shape index (κ3) is 5.06. The molecular weight excluding hydrogens is 336 g/mol. The molecule has 134 valence electrons. The largest absolute Gasteiger partial charge is 0.347 e. The molecule has 2 aromatic carbocycles. The first-order chi connectivity index (χ1) is 11.6. The van der Waals surface area contributed by atoms with E-state index in [-0.39, 0.29) is 5.91 Å². The van der Waals surface area contributed by atoms with Crippen molar-refractivity contribution in [3.05, 3.63) is 65.7 Å². The van der Waals surface area contributed by atoms with Crippen molar-refractivity contribution in [2.24, 2.45) is 0 Å². The van der Waals surface area contributed by atoms with Crippen LogP contribution in [0.25, 0.3) is 0 Å². The van der Waals surface area contributed by atoms with Gasteiger partial charge in [0.25, 0.3) is 5.91 Å². The average Bonchev–Trinajstić information content (AvgIpc) is 2.53. The fourth-order valence-electron chi connectivity index (χ4n) is 2.64. The van der Waals surface area contributed by atoms with Gasteiger partial charge in [-0.05, 0) is 38.0 Å². The van der Waals surface area contributed by atoms with Crippen LogP contribution in [0.2, 0.25) is 0 Å². The minimum atomic E-state index is -3.45. The summed E-state index contributed by atoms with van der Waals surface area (Å²) in [5.41, 5.74) is 1.33. The second-order valence-corrected chi connectivity index (χ2v) is 8.76. The first kappa shape index (κ1) is 19.0. The van der Waals surface area contributed by atoms with Crippen molar-refractivity contribution in [1.82, 2.24) is 5.32 Å². The Balaban J connectivity index is 2.24. The Bertz CT molecular complexity index is 846. The van der Waals surface area contributed by atoms with Gasteiger partial charge >= 0.3 is 0 Å². The molecule has 0 fully saturated rings. The zero-order valence-corrected chi connectivity index (χ0v) is 15.8. The molecule has 5 nitrogen and oxygen atoms in total. The van der Waals surface area contributed by atoms with Gasteiger partial charge < -0.3 is 5.32 Å². The molecule has 0 unspecified atom stereocenters.